The first-order valence-electron chi connectivity index (χ1n) is 10.7. The number of fused-ring (bicyclic) bond motifs is 1. The molecular formula is C24H31N2O2+. The molecule has 4 heteroatoms. The lowest BCUT2D eigenvalue weighted by molar-refractivity contribution is -0.918. The summed E-state index contributed by atoms with van der Waals surface area (Å²) in [7, 11) is 0. The Morgan fingerprint density at radius 1 is 0.893 bits per heavy atom. The fraction of sp³-hybridized carbons (Fsp3) is 0.458. The van der Waals surface area contributed by atoms with Crippen LogP contribution in [-0.2, 0) is 30.7 Å². The van der Waals surface area contributed by atoms with Crippen molar-refractivity contribution in [1.29, 1.82) is 0 Å². The predicted octanol–water partition coefficient (Wildman–Crippen LogP) is 2.44. The first-order chi connectivity index (χ1) is 13.8. The fourth-order valence-corrected chi connectivity index (χ4v) is 4.33. The van der Waals surface area contributed by atoms with E-state index in [2.05, 4.69) is 41.7 Å². The summed E-state index contributed by atoms with van der Waals surface area (Å²) in [6.45, 7) is 4.31. The minimum absolute atomic E-state index is 0.0647. The van der Waals surface area contributed by atoms with E-state index in [1.165, 1.54) is 55.5 Å². The van der Waals surface area contributed by atoms with Crippen molar-refractivity contribution in [3.05, 3.63) is 64.7 Å². The molecule has 1 amide bonds. The Morgan fingerprint density at radius 2 is 1.64 bits per heavy atom. The number of piperidine rings is 1. The monoisotopic (exact) mass is 379 g/mol. The summed E-state index contributed by atoms with van der Waals surface area (Å²) in [6, 6.07) is 14.8. The molecule has 2 aromatic rings. The molecular weight excluding hydrogens is 348 g/mol. The summed E-state index contributed by atoms with van der Waals surface area (Å²) < 4.78 is 5.67. The summed E-state index contributed by atoms with van der Waals surface area (Å²) >= 11 is 0. The molecule has 4 nitrogen and oxygen atoms in total. The van der Waals surface area contributed by atoms with Gasteiger partial charge in [-0.2, -0.15) is 0 Å². The summed E-state index contributed by atoms with van der Waals surface area (Å²) in [5, 5.41) is 2.95. The number of nitrogens with one attached hydrogen (secondary N) is 2. The Hall–Kier alpha value is -2.33. The predicted molar refractivity (Wildman–Crippen MR) is 111 cm³/mol. The van der Waals surface area contributed by atoms with Crippen molar-refractivity contribution in [3.8, 4) is 5.75 Å². The lowest BCUT2D eigenvalue weighted by Crippen LogP contribution is -3.11. The summed E-state index contributed by atoms with van der Waals surface area (Å²) in [5.41, 5.74) is 5.29. The lowest BCUT2D eigenvalue weighted by atomic mass is 10.1. The van der Waals surface area contributed by atoms with E-state index in [9.17, 15) is 4.79 Å². The van der Waals surface area contributed by atoms with E-state index in [1.807, 2.05) is 6.07 Å². The van der Waals surface area contributed by atoms with Gasteiger partial charge in [-0.3, -0.25) is 4.79 Å². The van der Waals surface area contributed by atoms with Crippen LogP contribution in [0.5, 0.6) is 5.75 Å². The number of ether oxygens (including phenoxy) is 1. The molecule has 1 saturated heterocycles. The molecule has 1 fully saturated rings. The molecule has 0 atom stereocenters. The Kier molecular flexibility index (Phi) is 6.27. The molecule has 1 aliphatic carbocycles. The molecule has 0 radical (unpaired) electrons. The number of carbonyl (C=O) groups is 1. The zero-order valence-electron chi connectivity index (χ0n) is 16.6. The molecule has 148 valence electrons. The Labute approximate surface area is 167 Å². The highest BCUT2D eigenvalue weighted by Gasteiger charge is 2.14. The zero-order chi connectivity index (χ0) is 19.2. The van der Waals surface area contributed by atoms with Crippen LogP contribution in [0.3, 0.4) is 0 Å². The van der Waals surface area contributed by atoms with E-state index < -0.39 is 0 Å². The molecule has 28 heavy (non-hydrogen) atoms. The van der Waals surface area contributed by atoms with Gasteiger partial charge in [-0.15, -0.1) is 0 Å². The molecule has 0 aromatic heterocycles. The average molecular weight is 380 g/mol. The largest absolute Gasteiger partial charge is 0.484 e. The first-order valence-corrected chi connectivity index (χ1v) is 10.7. The smallest absolute Gasteiger partial charge is 0.258 e. The van der Waals surface area contributed by atoms with Crippen molar-refractivity contribution in [2.45, 2.75) is 51.6 Å². The number of likely N-dealkylation sites (tertiary alicyclic amines) is 1. The van der Waals surface area contributed by atoms with Crippen molar-refractivity contribution in [1.82, 2.24) is 5.32 Å². The maximum Gasteiger partial charge on any atom is 0.258 e. The quantitative estimate of drug-likeness (QED) is 0.776. The molecule has 1 aliphatic heterocycles. The van der Waals surface area contributed by atoms with Gasteiger partial charge in [0.2, 0.25) is 0 Å². The van der Waals surface area contributed by atoms with Crippen molar-refractivity contribution in [3.63, 3.8) is 0 Å². The topological polar surface area (TPSA) is 42.8 Å². The van der Waals surface area contributed by atoms with E-state index >= 15 is 0 Å². The molecule has 0 unspecified atom stereocenters. The normalized spacial score (nSPS) is 16.6. The van der Waals surface area contributed by atoms with E-state index in [-0.39, 0.29) is 12.5 Å². The van der Waals surface area contributed by atoms with Crippen LogP contribution >= 0.6 is 0 Å². The maximum absolute atomic E-state index is 12.1. The molecule has 0 spiro atoms. The molecule has 2 aliphatic rings. The maximum atomic E-state index is 12.1. The highest BCUT2D eigenvalue weighted by molar-refractivity contribution is 5.77. The van der Waals surface area contributed by atoms with Crippen LogP contribution < -0.4 is 15.0 Å². The number of amides is 1. The van der Waals surface area contributed by atoms with Crippen LogP contribution in [0.15, 0.2) is 42.5 Å². The van der Waals surface area contributed by atoms with Crippen molar-refractivity contribution in [2.24, 2.45) is 0 Å². The minimum atomic E-state index is -0.0812. The van der Waals surface area contributed by atoms with Crippen molar-refractivity contribution < 1.29 is 14.4 Å². The van der Waals surface area contributed by atoms with Crippen LogP contribution in [0.2, 0.25) is 0 Å². The second-order valence-electron chi connectivity index (χ2n) is 8.15. The van der Waals surface area contributed by atoms with E-state index in [0.29, 0.717) is 6.54 Å². The standard InChI is InChI=1S/C24H30N2O2/c27-24(18-28-23-12-11-21-5-4-6-22(21)15-23)25-16-19-7-9-20(10-8-19)17-26-13-2-1-3-14-26/h7-12,15H,1-6,13-14,16-18H2,(H,25,27)/p+1. The third kappa shape index (κ3) is 5.14. The Balaban J connectivity index is 1.20. The number of aryl methyl sites for hydroxylation is 2. The van der Waals surface area contributed by atoms with Crippen LogP contribution in [-0.4, -0.2) is 25.6 Å². The number of carbonyl (C=O) groups excluding carboxylic acids is 1. The van der Waals surface area contributed by atoms with Gasteiger partial charge in [-0.25, -0.2) is 0 Å². The highest BCUT2D eigenvalue weighted by Crippen LogP contribution is 2.25. The molecule has 2 aromatic carbocycles. The van der Waals surface area contributed by atoms with Gasteiger partial charge in [0, 0.05) is 12.1 Å². The van der Waals surface area contributed by atoms with Crippen molar-refractivity contribution in [2.75, 3.05) is 19.7 Å². The third-order valence-electron chi connectivity index (χ3n) is 5.97. The molecule has 1 heterocycles. The Bertz CT molecular complexity index is 795. The fourth-order valence-electron chi connectivity index (χ4n) is 4.33. The third-order valence-corrected chi connectivity index (χ3v) is 5.97. The van der Waals surface area contributed by atoms with Crippen LogP contribution in [0, 0.1) is 0 Å². The van der Waals surface area contributed by atoms with Gasteiger partial charge in [0.05, 0.1) is 13.1 Å². The number of rotatable bonds is 7. The molecule has 2 N–H and O–H groups in total. The molecule has 4 rings (SSSR count). The SMILES string of the molecule is O=C(COc1ccc2c(c1)CCC2)NCc1ccc(C[NH+]2CCCCC2)cc1. The average Bonchev–Trinajstić information content (AvgIpc) is 3.20. The van der Waals surface area contributed by atoms with Gasteiger partial charge in [-0.1, -0.05) is 30.3 Å². The lowest BCUT2D eigenvalue weighted by Gasteiger charge is -2.23. The van der Waals surface area contributed by atoms with Crippen LogP contribution in [0.4, 0.5) is 0 Å². The second kappa shape index (κ2) is 9.24. The highest BCUT2D eigenvalue weighted by atomic mass is 16.5. The van der Waals surface area contributed by atoms with Gasteiger partial charge < -0.3 is 15.0 Å². The number of hydrogen-bond acceptors (Lipinski definition) is 2. The van der Waals surface area contributed by atoms with Gasteiger partial charge in [-0.05, 0) is 67.3 Å². The van der Waals surface area contributed by atoms with Gasteiger partial charge in [0.25, 0.3) is 5.91 Å². The second-order valence-corrected chi connectivity index (χ2v) is 8.15. The first kappa shape index (κ1) is 19.0. The van der Waals surface area contributed by atoms with Gasteiger partial charge >= 0.3 is 0 Å². The van der Waals surface area contributed by atoms with Crippen LogP contribution in [0.1, 0.15) is 47.9 Å². The summed E-state index contributed by atoms with van der Waals surface area (Å²) in [6.07, 6.45) is 7.60. The van der Waals surface area contributed by atoms with Gasteiger partial charge in [0.15, 0.2) is 6.61 Å². The van der Waals surface area contributed by atoms with Crippen LogP contribution in [0.25, 0.3) is 0 Å². The van der Waals surface area contributed by atoms with E-state index in [0.717, 1.165) is 30.7 Å². The summed E-state index contributed by atoms with van der Waals surface area (Å²) in [4.78, 5) is 13.8. The van der Waals surface area contributed by atoms with Gasteiger partial charge in [0.1, 0.15) is 12.3 Å². The number of benzene rings is 2. The van der Waals surface area contributed by atoms with E-state index in [4.69, 9.17) is 4.74 Å². The zero-order valence-corrected chi connectivity index (χ0v) is 16.6. The van der Waals surface area contributed by atoms with Crippen molar-refractivity contribution >= 4 is 5.91 Å². The number of quaternary nitrogens is 1. The van der Waals surface area contributed by atoms with E-state index in [1.54, 1.807) is 4.90 Å². The molecule has 0 saturated carbocycles. The Morgan fingerprint density at radius 3 is 2.46 bits per heavy atom. The minimum Gasteiger partial charge on any atom is -0.484 e. The molecule has 0 bridgehead atoms. The number of hydrogen-bond donors (Lipinski definition) is 2. The summed E-state index contributed by atoms with van der Waals surface area (Å²) in [5.74, 6) is 0.711.